The van der Waals surface area contributed by atoms with Gasteiger partial charge in [-0.3, -0.25) is 19.2 Å². The fourth-order valence-electron chi connectivity index (χ4n) is 3.71. The maximum absolute atomic E-state index is 11.3. The van der Waals surface area contributed by atoms with Gasteiger partial charge in [0, 0.05) is 11.5 Å². The molecule has 0 aliphatic carbocycles. The lowest BCUT2D eigenvalue weighted by atomic mass is 10.1. The van der Waals surface area contributed by atoms with Gasteiger partial charge in [0.2, 0.25) is 12.7 Å². The summed E-state index contributed by atoms with van der Waals surface area (Å²) in [5.74, 6) is -4.56. The van der Waals surface area contributed by atoms with Crippen molar-refractivity contribution < 1.29 is 49.1 Å². The summed E-state index contributed by atoms with van der Waals surface area (Å²) >= 11 is 0. The van der Waals surface area contributed by atoms with Crippen LogP contribution in [0.4, 0.5) is 11.4 Å². The second kappa shape index (κ2) is 12.3. The minimum Gasteiger partial charge on any atom is -0.480 e. The predicted octanol–water partition coefficient (Wildman–Crippen LogP) is 1.91. The van der Waals surface area contributed by atoms with Crippen LogP contribution in [0.25, 0.3) is 10.9 Å². The van der Waals surface area contributed by atoms with Crippen LogP contribution in [0, 0.1) is 6.92 Å². The lowest BCUT2D eigenvalue weighted by molar-refractivity contribution is -0.138. The molecule has 38 heavy (non-hydrogen) atoms. The number of carboxylic acid groups (broad SMARTS) is 4. The topological polar surface area (TPSA) is 187 Å². The van der Waals surface area contributed by atoms with Crippen LogP contribution in [0.2, 0.25) is 0 Å². The molecule has 0 aliphatic heterocycles. The number of hydrogen-bond acceptors (Lipinski definition) is 9. The van der Waals surface area contributed by atoms with E-state index in [-0.39, 0.29) is 29.8 Å². The lowest BCUT2D eigenvalue weighted by Gasteiger charge is -2.24. The molecular weight excluding hydrogens is 502 g/mol. The molecule has 4 N–H and O–H groups in total. The molecule has 1 heterocycles. The van der Waals surface area contributed by atoms with Crippen molar-refractivity contribution in [3.63, 3.8) is 0 Å². The van der Waals surface area contributed by atoms with Gasteiger partial charge in [-0.1, -0.05) is 18.2 Å². The van der Waals surface area contributed by atoms with E-state index in [0.717, 1.165) is 10.5 Å². The van der Waals surface area contributed by atoms with Crippen LogP contribution in [0.15, 0.2) is 48.5 Å². The van der Waals surface area contributed by atoms with Crippen molar-refractivity contribution >= 4 is 46.2 Å². The Morgan fingerprint density at radius 1 is 0.737 bits per heavy atom. The Kier molecular flexibility index (Phi) is 8.87. The highest BCUT2D eigenvalue weighted by molar-refractivity contribution is 5.94. The Hall–Kier alpha value is -5.07. The van der Waals surface area contributed by atoms with E-state index in [0.29, 0.717) is 10.9 Å². The molecule has 0 radical (unpaired) electrons. The van der Waals surface area contributed by atoms with Crippen molar-refractivity contribution in [1.82, 2.24) is 4.98 Å². The van der Waals surface area contributed by atoms with E-state index in [1.807, 2.05) is 0 Å². The molecule has 0 aliphatic rings. The van der Waals surface area contributed by atoms with Crippen LogP contribution in [-0.4, -0.2) is 82.3 Å². The number of nitrogens with zero attached hydrogens (tertiary/aromatic N) is 3. The molecule has 1 aromatic heterocycles. The lowest BCUT2D eigenvalue weighted by Crippen LogP contribution is -2.34. The van der Waals surface area contributed by atoms with Crippen LogP contribution >= 0.6 is 0 Å². The smallest absolute Gasteiger partial charge is 0.323 e. The van der Waals surface area contributed by atoms with E-state index in [4.69, 9.17) is 9.47 Å². The molecule has 0 saturated heterocycles. The molecule has 13 heteroatoms. The average molecular weight is 527 g/mol. The zero-order valence-corrected chi connectivity index (χ0v) is 20.2. The molecule has 0 bridgehead atoms. The van der Waals surface area contributed by atoms with Gasteiger partial charge in [-0.2, -0.15) is 0 Å². The maximum atomic E-state index is 11.3. The summed E-state index contributed by atoms with van der Waals surface area (Å²) in [5, 5.41) is 37.5. The van der Waals surface area contributed by atoms with Crippen molar-refractivity contribution in [3.8, 4) is 11.6 Å². The fourth-order valence-corrected chi connectivity index (χ4v) is 3.71. The van der Waals surface area contributed by atoms with Gasteiger partial charge in [0.05, 0.1) is 16.9 Å². The van der Waals surface area contributed by atoms with Crippen LogP contribution in [0.5, 0.6) is 11.6 Å². The number of para-hydroxylation sites is 1. The van der Waals surface area contributed by atoms with Gasteiger partial charge >= 0.3 is 23.9 Å². The van der Waals surface area contributed by atoms with Crippen molar-refractivity contribution in [3.05, 3.63) is 54.1 Å². The Labute approximate surface area is 216 Å². The van der Waals surface area contributed by atoms with E-state index < -0.39 is 50.1 Å². The highest BCUT2D eigenvalue weighted by Gasteiger charge is 2.20. The highest BCUT2D eigenvalue weighted by Crippen LogP contribution is 2.30. The van der Waals surface area contributed by atoms with E-state index in [2.05, 4.69) is 4.98 Å². The van der Waals surface area contributed by atoms with Gasteiger partial charge in [-0.25, -0.2) is 4.98 Å². The molecule has 0 spiro atoms. The molecule has 13 nitrogen and oxygen atoms in total. The van der Waals surface area contributed by atoms with Gasteiger partial charge in [0.25, 0.3) is 0 Å². The normalized spacial score (nSPS) is 10.6. The number of anilines is 2. The number of benzene rings is 2. The molecule has 0 fully saturated rings. The maximum Gasteiger partial charge on any atom is 0.323 e. The number of carboxylic acids is 4. The first-order valence-electron chi connectivity index (χ1n) is 11.2. The van der Waals surface area contributed by atoms with Gasteiger partial charge in [-0.15, -0.1) is 0 Å². The van der Waals surface area contributed by atoms with Gasteiger partial charge in [-0.05, 0) is 36.8 Å². The van der Waals surface area contributed by atoms with E-state index in [1.165, 1.54) is 4.90 Å². The zero-order valence-electron chi connectivity index (χ0n) is 20.2. The van der Waals surface area contributed by atoms with Gasteiger partial charge in [0.15, 0.2) is 0 Å². The summed E-state index contributed by atoms with van der Waals surface area (Å²) < 4.78 is 11.3. The highest BCUT2D eigenvalue weighted by atomic mass is 16.7. The molecule has 2 aromatic carbocycles. The van der Waals surface area contributed by atoms with Crippen molar-refractivity contribution in [2.75, 3.05) is 42.8 Å². The SMILES string of the molecule is Cc1ccc(N(CC(=O)O)CC(=O)O)c(OCOc2ccc3cccc(N(CC(=O)O)CC(=O)O)c3n2)c1. The molecule has 200 valence electrons. The number of rotatable bonds is 14. The molecule has 3 aromatic rings. The number of carbonyl (C=O) groups is 4. The Bertz CT molecular complexity index is 1330. The third kappa shape index (κ3) is 7.46. The second-order valence-corrected chi connectivity index (χ2v) is 8.16. The van der Waals surface area contributed by atoms with Crippen LogP contribution in [-0.2, 0) is 19.2 Å². The number of ether oxygens (including phenoxy) is 2. The standard InChI is InChI=1S/C25H25N3O10/c1-15-5-7-17(27(10-21(29)30)11-22(31)32)19(9-15)37-14-38-20-8-6-16-3-2-4-18(25(16)26-20)28(12-23(33)34)13-24(35)36/h2-9H,10-14H2,1H3,(H,29,30)(H,31,32)(H,33,34)(H,35,36). The molecule has 0 saturated carbocycles. The van der Waals surface area contributed by atoms with Gasteiger partial charge < -0.3 is 39.7 Å². The number of aryl methyl sites for hydroxylation is 1. The number of hydrogen-bond donors (Lipinski definition) is 4. The van der Waals surface area contributed by atoms with Crippen molar-refractivity contribution in [2.45, 2.75) is 6.92 Å². The Balaban J connectivity index is 1.85. The van der Waals surface area contributed by atoms with Crippen molar-refractivity contribution in [2.24, 2.45) is 0 Å². The first kappa shape index (κ1) is 27.5. The predicted molar refractivity (Wildman–Crippen MR) is 134 cm³/mol. The number of pyridine rings is 1. The Morgan fingerprint density at radius 3 is 1.89 bits per heavy atom. The quantitative estimate of drug-likeness (QED) is 0.223. The zero-order chi connectivity index (χ0) is 27.8. The van der Waals surface area contributed by atoms with Crippen LogP contribution < -0.4 is 19.3 Å². The van der Waals surface area contributed by atoms with E-state index >= 15 is 0 Å². The number of aliphatic carboxylic acids is 4. The van der Waals surface area contributed by atoms with E-state index in [1.54, 1.807) is 55.5 Å². The second-order valence-electron chi connectivity index (χ2n) is 8.16. The summed E-state index contributed by atoms with van der Waals surface area (Å²) in [5.41, 5.74) is 1.63. The fraction of sp³-hybridized carbons (Fsp3) is 0.240. The van der Waals surface area contributed by atoms with E-state index in [9.17, 15) is 39.6 Å². The minimum absolute atomic E-state index is 0.0951. The average Bonchev–Trinajstić information content (AvgIpc) is 2.82. The third-order valence-corrected chi connectivity index (χ3v) is 5.20. The summed E-state index contributed by atoms with van der Waals surface area (Å²) in [7, 11) is 0. The van der Waals surface area contributed by atoms with Crippen LogP contribution in [0.3, 0.4) is 0 Å². The molecule has 0 amide bonds. The molecule has 0 atom stereocenters. The first-order chi connectivity index (χ1) is 18.0. The van der Waals surface area contributed by atoms with Gasteiger partial charge in [0.1, 0.15) is 31.9 Å². The van der Waals surface area contributed by atoms with Crippen LogP contribution in [0.1, 0.15) is 5.56 Å². The third-order valence-electron chi connectivity index (χ3n) is 5.20. The summed E-state index contributed by atoms with van der Waals surface area (Å²) in [4.78, 5) is 51.8. The molecule has 0 unspecified atom stereocenters. The monoisotopic (exact) mass is 527 g/mol. The number of fused-ring (bicyclic) bond motifs is 1. The minimum atomic E-state index is -1.22. The number of aromatic nitrogens is 1. The largest absolute Gasteiger partial charge is 0.480 e. The molecular formula is C25H25N3O10. The summed E-state index contributed by atoms with van der Waals surface area (Å²) in [6.07, 6.45) is 0. The summed E-state index contributed by atoms with van der Waals surface area (Å²) in [6.45, 7) is -0.835. The first-order valence-corrected chi connectivity index (χ1v) is 11.2. The summed E-state index contributed by atoms with van der Waals surface area (Å²) in [6, 6.07) is 13.0. The van der Waals surface area contributed by atoms with Crippen molar-refractivity contribution in [1.29, 1.82) is 0 Å². The molecule has 3 rings (SSSR count). The Morgan fingerprint density at radius 2 is 1.32 bits per heavy atom.